The first-order chi connectivity index (χ1) is 22.4. The van der Waals surface area contributed by atoms with Crippen LogP contribution < -0.4 is 15.0 Å². The Labute approximate surface area is 269 Å². The summed E-state index contributed by atoms with van der Waals surface area (Å²) in [7, 11) is 1.63. The summed E-state index contributed by atoms with van der Waals surface area (Å²) in [5, 5.41) is 3.88. The van der Waals surface area contributed by atoms with Crippen molar-refractivity contribution in [3.63, 3.8) is 0 Å². The molecule has 1 N–H and O–H groups in total. The van der Waals surface area contributed by atoms with Gasteiger partial charge in [0.25, 0.3) is 5.91 Å². The second kappa shape index (κ2) is 14.1. The number of nitrogens with zero attached hydrogens (tertiary/aromatic N) is 4. The van der Waals surface area contributed by atoms with Crippen molar-refractivity contribution in [1.29, 1.82) is 0 Å². The number of hydrogen-bond acceptors (Lipinski definition) is 7. The topological polar surface area (TPSA) is 106 Å². The standard InChI is InChI=1S/C36H41N5O5/c1-3-41-30-10-7-11-32(45-2)29(30)22-31(41)34(42)38-28-16-17-33(37-23-28)39-18-20-40(21-19-39)35(43)26-12-14-27(15-13-26)36(44)46-24-25-8-5-4-6-9-25/h4-11,16-17,22-23,26-27H,3,12-15,18-21,24H2,1-2H3,(H,38,42). The van der Waals surface area contributed by atoms with E-state index in [1.54, 1.807) is 13.3 Å². The highest BCUT2D eigenvalue weighted by atomic mass is 16.5. The van der Waals surface area contributed by atoms with Crippen molar-refractivity contribution in [3.8, 4) is 5.75 Å². The van der Waals surface area contributed by atoms with Gasteiger partial charge in [0.2, 0.25) is 5.91 Å². The maximum atomic E-state index is 13.3. The van der Waals surface area contributed by atoms with Crippen LogP contribution in [0.3, 0.4) is 0 Å². The molecule has 2 aliphatic rings. The molecule has 10 nitrogen and oxygen atoms in total. The lowest BCUT2D eigenvalue weighted by Gasteiger charge is -2.38. The summed E-state index contributed by atoms with van der Waals surface area (Å²) in [6.07, 6.45) is 4.47. The zero-order valence-electron chi connectivity index (χ0n) is 26.5. The number of rotatable bonds is 9. The van der Waals surface area contributed by atoms with E-state index in [-0.39, 0.29) is 36.2 Å². The van der Waals surface area contributed by atoms with Crippen molar-refractivity contribution in [2.45, 2.75) is 45.8 Å². The van der Waals surface area contributed by atoms with Gasteiger partial charge in [0.1, 0.15) is 23.9 Å². The number of amides is 2. The Morgan fingerprint density at radius 1 is 0.891 bits per heavy atom. The van der Waals surface area contributed by atoms with Crippen LogP contribution in [0.5, 0.6) is 5.75 Å². The highest BCUT2D eigenvalue weighted by Crippen LogP contribution is 2.32. The molecule has 1 saturated heterocycles. The zero-order chi connectivity index (χ0) is 32.0. The lowest BCUT2D eigenvalue weighted by molar-refractivity contribution is -0.152. The molecule has 2 aromatic carbocycles. The molecular weight excluding hydrogens is 582 g/mol. The summed E-state index contributed by atoms with van der Waals surface area (Å²) in [4.78, 5) is 47.9. The van der Waals surface area contributed by atoms with E-state index in [4.69, 9.17) is 9.47 Å². The summed E-state index contributed by atoms with van der Waals surface area (Å²) >= 11 is 0. The molecule has 0 radical (unpaired) electrons. The van der Waals surface area contributed by atoms with Crippen LogP contribution in [-0.4, -0.2) is 65.5 Å². The third kappa shape index (κ3) is 6.71. The molecule has 46 heavy (non-hydrogen) atoms. The van der Waals surface area contributed by atoms with E-state index in [2.05, 4.69) is 15.2 Å². The van der Waals surface area contributed by atoms with Crippen molar-refractivity contribution >= 4 is 40.2 Å². The molecule has 2 fully saturated rings. The second-order valence-corrected chi connectivity index (χ2v) is 12.0. The third-order valence-electron chi connectivity index (χ3n) is 9.23. The number of benzene rings is 2. The lowest BCUT2D eigenvalue weighted by Crippen LogP contribution is -2.51. The average molecular weight is 624 g/mol. The van der Waals surface area contributed by atoms with E-state index in [9.17, 15) is 14.4 Å². The molecule has 240 valence electrons. The van der Waals surface area contributed by atoms with Crippen LogP contribution in [0.25, 0.3) is 10.9 Å². The van der Waals surface area contributed by atoms with Crippen molar-refractivity contribution in [3.05, 3.63) is 84.2 Å². The molecule has 0 atom stereocenters. The van der Waals surface area contributed by atoms with Crippen LogP contribution in [0.1, 0.15) is 48.7 Å². The number of carbonyl (C=O) groups excluding carboxylic acids is 3. The van der Waals surface area contributed by atoms with Gasteiger partial charge in [-0.05, 0) is 68.5 Å². The summed E-state index contributed by atoms with van der Waals surface area (Å²) < 4.78 is 13.0. The molecule has 6 rings (SSSR count). The fraction of sp³-hybridized carbons (Fsp3) is 0.389. The number of aromatic nitrogens is 2. The average Bonchev–Trinajstić information content (AvgIpc) is 3.50. The molecule has 1 aliphatic heterocycles. The van der Waals surface area contributed by atoms with Crippen LogP contribution in [0.4, 0.5) is 11.5 Å². The van der Waals surface area contributed by atoms with Gasteiger partial charge in [-0.15, -0.1) is 0 Å². The van der Waals surface area contributed by atoms with E-state index in [1.165, 1.54) is 0 Å². The number of hydrogen-bond donors (Lipinski definition) is 1. The smallest absolute Gasteiger partial charge is 0.309 e. The monoisotopic (exact) mass is 623 g/mol. The lowest BCUT2D eigenvalue weighted by atomic mass is 9.81. The largest absolute Gasteiger partial charge is 0.496 e. The van der Waals surface area contributed by atoms with Crippen molar-refractivity contribution < 1.29 is 23.9 Å². The molecule has 2 amide bonds. The summed E-state index contributed by atoms with van der Waals surface area (Å²) in [5.74, 6) is 1.18. The van der Waals surface area contributed by atoms with E-state index in [1.807, 2.05) is 83.1 Å². The van der Waals surface area contributed by atoms with Crippen LogP contribution in [-0.2, 0) is 27.5 Å². The van der Waals surface area contributed by atoms with E-state index >= 15 is 0 Å². The molecule has 0 bridgehead atoms. The first-order valence-corrected chi connectivity index (χ1v) is 16.1. The van der Waals surface area contributed by atoms with Gasteiger partial charge in [0.05, 0.1) is 30.4 Å². The van der Waals surface area contributed by atoms with Gasteiger partial charge in [0.15, 0.2) is 0 Å². The van der Waals surface area contributed by atoms with Crippen LogP contribution >= 0.6 is 0 Å². The molecule has 10 heteroatoms. The summed E-state index contributed by atoms with van der Waals surface area (Å²) in [5.41, 5.74) is 3.10. The molecule has 4 aromatic rings. The maximum absolute atomic E-state index is 13.3. The predicted octanol–water partition coefficient (Wildman–Crippen LogP) is 5.52. The van der Waals surface area contributed by atoms with Gasteiger partial charge in [-0.25, -0.2) is 4.98 Å². The first-order valence-electron chi connectivity index (χ1n) is 16.1. The second-order valence-electron chi connectivity index (χ2n) is 12.0. The number of methoxy groups -OCH3 is 1. The van der Waals surface area contributed by atoms with Gasteiger partial charge < -0.3 is 29.2 Å². The van der Waals surface area contributed by atoms with Crippen LogP contribution in [0.2, 0.25) is 0 Å². The van der Waals surface area contributed by atoms with Crippen LogP contribution in [0.15, 0.2) is 72.9 Å². The molecule has 0 unspecified atom stereocenters. The van der Waals surface area contributed by atoms with Crippen molar-refractivity contribution in [2.24, 2.45) is 11.8 Å². The normalized spacial score (nSPS) is 18.3. The number of aryl methyl sites for hydroxylation is 1. The van der Waals surface area contributed by atoms with Crippen molar-refractivity contribution in [1.82, 2.24) is 14.5 Å². The molecule has 0 spiro atoms. The number of piperazine rings is 1. The Morgan fingerprint density at radius 2 is 1.63 bits per heavy atom. The Kier molecular flexibility index (Phi) is 9.51. The number of esters is 1. The Balaban J connectivity index is 0.972. The first kappa shape index (κ1) is 31.1. The molecule has 3 heterocycles. The zero-order valence-corrected chi connectivity index (χ0v) is 26.5. The highest BCUT2D eigenvalue weighted by Gasteiger charge is 2.34. The van der Waals surface area contributed by atoms with E-state index in [0.29, 0.717) is 69.8 Å². The van der Waals surface area contributed by atoms with Gasteiger partial charge in [-0.3, -0.25) is 14.4 Å². The quantitative estimate of drug-likeness (QED) is 0.245. The van der Waals surface area contributed by atoms with Gasteiger partial charge >= 0.3 is 5.97 Å². The number of carbonyl (C=O) groups is 3. The minimum atomic E-state index is -0.208. The Bertz CT molecular complexity index is 1670. The number of nitrogens with one attached hydrogen (secondary N) is 1. The minimum absolute atomic E-state index is 0.0433. The van der Waals surface area contributed by atoms with Gasteiger partial charge in [-0.2, -0.15) is 0 Å². The number of pyridine rings is 1. The minimum Gasteiger partial charge on any atom is -0.496 e. The van der Waals surface area contributed by atoms with Gasteiger partial charge in [-0.1, -0.05) is 36.4 Å². The third-order valence-corrected chi connectivity index (χ3v) is 9.23. The fourth-order valence-electron chi connectivity index (χ4n) is 6.64. The van der Waals surface area contributed by atoms with Crippen molar-refractivity contribution in [2.75, 3.05) is 43.5 Å². The van der Waals surface area contributed by atoms with Gasteiger partial charge in [0, 0.05) is 44.0 Å². The number of fused-ring (bicyclic) bond motifs is 1. The molecular formula is C36H41N5O5. The SMILES string of the molecule is CCn1c(C(=O)Nc2ccc(N3CCN(C(=O)C4CCC(C(=O)OCc5ccccc5)CC4)CC3)nc2)cc2c(OC)cccc21. The van der Waals surface area contributed by atoms with E-state index in [0.717, 1.165) is 28.0 Å². The Hall–Kier alpha value is -4.86. The fourth-order valence-corrected chi connectivity index (χ4v) is 6.64. The predicted molar refractivity (Wildman–Crippen MR) is 177 cm³/mol. The highest BCUT2D eigenvalue weighted by molar-refractivity contribution is 6.07. The van der Waals surface area contributed by atoms with Crippen LogP contribution in [0, 0.1) is 11.8 Å². The molecule has 1 saturated carbocycles. The summed E-state index contributed by atoms with van der Waals surface area (Å²) in [6.45, 7) is 5.57. The number of anilines is 2. The molecule has 1 aliphatic carbocycles. The maximum Gasteiger partial charge on any atom is 0.309 e. The Morgan fingerprint density at radius 3 is 2.30 bits per heavy atom. The number of ether oxygens (including phenoxy) is 2. The summed E-state index contributed by atoms with van der Waals surface area (Å²) in [6, 6.07) is 21.1. The molecule has 2 aromatic heterocycles. The van der Waals surface area contributed by atoms with E-state index < -0.39 is 0 Å².